The zero-order valence-electron chi connectivity index (χ0n) is 16.5. The van der Waals surface area contributed by atoms with Gasteiger partial charge in [0.2, 0.25) is 5.13 Å². The van der Waals surface area contributed by atoms with Crippen molar-refractivity contribution >= 4 is 32.9 Å². The number of alkyl halides is 3. The minimum absolute atomic E-state index is 0.0455. The summed E-state index contributed by atoms with van der Waals surface area (Å²) in [5, 5.41) is 12.3. The Morgan fingerprint density at radius 1 is 1.06 bits per heavy atom. The Kier molecular flexibility index (Phi) is 5.35. The van der Waals surface area contributed by atoms with Gasteiger partial charge in [-0.05, 0) is 12.8 Å². The summed E-state index contributed by atoms with van der Waals surface area (Å²) in [6, 6.07) is 9.89. The highest BCUT2D eigenvalue weighted by Crippen LogP contribution is 2.59. The Balaban J connectivity index is 1.37. The molecule has 0 atom stereocenters. The fourth-order valence-electron chi connectivity index (χ4n) is 3.56. The summed E-state index contributed by atoms with van der Waals surface area (Å²) in [6.07, 6.45) is -4.11. The molecule has 3 aromatic rings. The first-order chi connectivity index (χ1) is 15.0. The van der Waals surface area contributed by atoms with E-state index in [0.29, 0.717) is 24.9 Å². The van der Waals surface area contributed by atoms with Crippen LogP contribution in [0.4, 0.5) is 23.4 Å². The topological polar surface area (TPSA) is 63.2 Å². The van der Waals surface area contributed by atoms with Gasteiger partial charge in [-0.15, -0.1) is 10.2 Å². The molecule has 0 radical (unpaired) electrons. The minimum atomic E-state index is -4.28. The highest BCUT2D eigenvalue weighted by molar-refractivity contribution is 7.16. The summed E-state index contributed by atoms with van der Waals surface area (Å²) >= 11 is 2.57. The van der Waals surface area contributed by atoms with Crippen LogP contribution >= 0.6 is 22.7 Å². The molecule has 2 aromatic heterocycles. The predicted octanol–water partition coefficient (Wildman–Crippen LogP) is 4.70. The molecule has 0 unspecified atom stereocenters. The molecule has 2 fully saturated rings. The molecule has 31 heavy (non-hydrogen) atoms. The molecule has 3 heterocycles. The van der Waals surface area contributed by atoms with Crippen LogP contribution < -0.4 is 10.2 Å². The molecule has 5 rings (SSSR count). The van der Waals surface area contributed by atoms with Crippen LogP contribution in [0.25, 0.3) is 11.3 Å². The quantitative estimate of drug-likeness (QED) is 0.567. The summed E-state index contributed by atoms with van der Waals surface area (Å²) in [4.78, 5) is 8.07. The van der Waals surface area contributed by atoms with Gasteiger partial charge in [0.05, 0.1) is 30.3 Å². The lowest BCUT2D eigenvalue weighted by Gasteiger charge is -2.26. The van der Waals surface area contributed by atoms with E-state index < -0.39 is 11.6 Å². The van der Waals surface area contributed by atoms with Gasteiger partial charge in [-0.25, -0.2) is 4.98 Å². The fourth-order valence-corrected chi connectivity index (χ4v) is 5.64. The molecule has 1 saturated heterocycles. The standard InChI is InChI=1S/C20H20F3N5OS2/c21-20(22,23)19(6-7-19)16-26-27-17(31-16)24-12-14-15(13-4-2-1-3-5-13)25-18(30-14)28-8-10-29-11-9-28/h1-5H,6-12H2,(H,24,27). The first-order valence-corrected chi connectivity index (χ1v) is 11.6. The Morgan fingerprint density at radius 3 is 2.48 bits per heavy atom. The molecule has 1 saturated carbocycles. The third-order valence-corrected chi connectivity index (χ3v) is 7.74. The van der Waals surface area contributed by atoms with E-state index in [1.54, 1.807) is 11.3 Å². The number of morpholine rings is 1. The summed E-state index contributed by atoms with van der Waals surface area (Å²) in [5.74, 6) is 0. The second-order valence-corrected chi connectivity index (χ2v) is 9.62. The zero-order valence-corrected chi connectivity index (χ0v) is 18.1. The number of anilines is 2. The fraction of sp³-hybridized carbons (Fsp3) is 0.450. The molecule has 0 spiro atoms. The number of halogens is 3. The van der Waals surface area contributed by atoms with Gasteiger partial charge in [-0.3, -0.25) is 0 Å². The van der Waals surface area contributed by atoms with Crippen molar-refractivity contribution in [3.8, 4) is 11.3 Å². The molecule has 1 aliphatic carbocycles. The van der Waals surface area contributed by atoms with Gasteiger partial charge in [0, 0.05) is 18.7 Å². The van der Waals surface area contributed by atoms with Crippen LogP contribution in [0.2, 0.25) is 0 Å². The number of thiazole rings is 1. The van der Waals surface area contributed by atoms with Crippen LogP contribution in [0.3, 0.4) is 0 Å². The number of rotatable bonds is 6. The zero-order chi connectivity index (χ0) is 21.5. The van der Waals surface area contributed by atoms with E-state index in [0.717, 1.165) is 45.7 Å². The van der Waals surface area contributed by atoms with Crippen molar-refractivity contribution in [2.75, 3.05) is 36.5 Å². The molecule has 0 amide bonds. The third kappa shape index (κ3) is 4.01. The van der Waals surface area contributed by atoms with Crippen molar-refractivity contribution in [2.24, 2.45) is 0 Å². The van der Waals surface area contributed by atoms with Gasteiger partial charge in [0.15, 0.2) is 5.13 Å². The number of benzene rings is 1. The number of hydrogen-bond donors (Lipinski definition) is 1. The predicted molar refractivity (Wildman–Crippen MR) is 115 cm³/mol. The number of nitrogens with zero attached hydrogens (tertiary/aromatic N) is 4. The number of nitrogens with one attached hydrogen (secondary N) is 1. The highest BCUT2D eigenvalue weighted by Gasteiger charge is 2.66. The van der Waals surface area contributed by atoms with Gasteiger partial charge in [-0.2, -0.15) is 13.2 Å². The van der Waals surface area contributed by atoms with Gasteiger partial charge in [0.1, 0.15) is 10.4 Å². The SMILES string of the molecule is FC(F)(F)C1(c2nnc(NCc3sc(N4CCOCC4)nc3-c3ccccc3)s2)CC1. The van der Waals surface area contributed by atoms with E-state index in [1.807, 2.05) is 30.3 Å². The summed E-state index contributed by atoms with van der Waals surface area (Å²) < 4.78 is 45.5. The molecular formula is C20H20F3N5OS2. The van der Waals surface area contributed by atoms with E-state index in [1.165, 1.54) is 0 Å². The molecule has 2 aliphatic rings. The van der Waals surface area contributed by atoms with Gasteiger partial charge in [0.25, 0.3) is 0 Å². The van der Waals surface area contributed by atoms with Crippen molar-refractivity contribution in [3.63, 3.8) is 0 Å². The Hall–Kier alpha value is -2.24. The number of aromatic nitrogens is 3. The lowest BCUT2D eigenvalue weighted by molar-refractivity contribution is -0.160. The molecule has 6 nitrogen and oxygen atoms in total. The lowest BCUT2D eigenvalue weighted by atomic mass is 10.1. The molecule has 164 valence electrons. The Morgan fingerprint density at radius 2 is 1.81 bits per heavy atom. The average molecular weight is 468 g/mol. The van der Waals surface area contributed by atoms with Crippen molar-refractivity contribution in [1.29, 1.82) is 0 Å². The van der Waals surface area contributed by atoms with Gasteiger partial charge >= 0.3 is 6.18 Å². The largest absolute Gasteiger partial charge is 0.400 e. The molecule has 1 aliphatic heterocycles. The van der Waals surface area contributed by atoms with Gasteiger partial charge < -0.3 is 15.0 Å². The van der Waals surface area contributed by atoms with E-state index in [-0.39, 0.29) is 17.8 Å². The molecule has 11 heteroatoms. The van der Waals surface area contributed by atoms with E-state index in [9.17, 15) is 13.2 Å². The average Bonchev–Trinajstić information content (AvgIpc) is 3.29. The van der Waals surface area contributed by atoms with Crippen molar-refractivity contribution in [3.05, 3.63) is 40.2 Å². The molecule has 1 N–H and O–H groups in total. The first kappa shape index (κ1) is 20.7. The molecule has 0 bridgehead atoms. The second kappa shape index (κ2) is 8.03. The smallest absolute Gasteiger partial charge is 0.378 e. The number of ether oxygens (including phenoxy) is 1. The van der Waals surface area contributed by atoms with Crippen LogP contribution in [0.1, 0.15) is 22.7 Å². The van der Waals surface area contributed by atoms with Crippen LogP contribution in [-0.4, -0.2) is 47.7 Å². The van der Waals surface area contributed by atoms with Crippen LogP contribution in [0, 0.1) is 0 Å². The maximum Gasteiger partial charge on any atom is 0.400 e. The maximum absolute atomic E-state index is 13.4. The van der Waals surface area contributed by atoms with Crippen molar-refractivity contribution in [2.45, 2.75) is 31.0 Å². The van der Waals surface area contributed by atoms with E-state index in [2.05, 4.69) is 20.4 Å². The first-order valence-electron chi connectivity index (χ1n) is 9.99. The highest BCUT2D eigenvalue weighted by atomic mass is 32.1. The Bertz CT molecular complexity index is 1040. The second-order valence-electron chi connectivity index (χ2n) is 7.58. The third-order valence-electron chi connectivity index (χ3n) is 5.54. The van der Waals surface area contributed by atoms with Gasteiger partial charge in [-0.1, -0.05) is 53.0 Å². The van der Waals surface area contributed by atoms with Crippen molar-refractivity contribution < 1.29 is 17.9 Å². The Labute approximate surface area is 185 Å². The lowest BCUT2D eigenvalue weighted by Crippen LogP contribution is -2.36. The summed E-state index contributed by atoms with van der Waals surface area (Å²) in [5.41, 5.74) is 0.0774. The van der Waals surface area contributed by atoms with Crippen LogP contribution in [-0.2, 0) is 16.7 Å². The maximum atomic E-state index is 13.4. The van der Waals surface area contributed by atoms with Crippen LogP contribution in [0.5, 0.6) is 0 Å². The normalized spacial score (nSPS) is 18.2. The molecular weight excluding hydrogens is 447 g/mol. The summed E-state index contributed by atoms with van der Waals surface area (Å²) in [7, 11) is 0. The molecule has 1 aromatic carbocycles. The summed E-state index contributed by atoms with van der Waals surface area (Å²) in [6.45, 7) is 3.33. The van der Waals surface area contributed by atoms with Crippen LogP contribution in [0.15, 0.2) is 30.3 Å². The van der Waals surface area contributed by atoms with Crippen molar-refractivity contribution in [1.82, 2.24) is 15.2 Å². The van der Waals surface area contributed by atoms with E-state index >= 15 is 0 Å². The van der Waals surface area contributed by atoms with E-state index in [4.69, 9.17) is 9.72 Å². The monoisotopic (exact) mass is 467 g/mol. The number of hydrogen-bond acceptors (Lipinski definition) is 8. The minimum Gasteiger partial charge on any atom is -0.378 e.